The molecule has 0 atom stereocenters. The lowest BCUT2D eigenvalue weighted by atomic mass is 10.1. The van der Waals surface area contributed by atoms with Gasteiger partial charge in [0.05, 0.1) is 6.10 Å². The van der Waals surface area contributed by atoms with Gasteiger partial charge in [0, 0.05) is 30.4 Å². The van der Waals surface area contributed by atoms with E-state index in [0.29, 0.717) is 0 Å². The molecule has 0 aliphatic rings. The minimum absolute atomic E-state index is 0.195. The molecule has 0 aromatic heterocycles. The Kier molecular flexibility index (Phi) is 5.76. The normalized spacial score (nSPS) is 11.2. The molecule has 0 saturated carbocycles. The summed E-state index contributed by atoms with van der Waals surface area (Å²) in [7, 11) is 0. The van der Waals surface area contributed by atoms with Crippen molar-refractivity contribution in [2.45, 2.75) is 40.7 Å². The molecule has 2 nitrogen and oxygen atoms in total. The number of benzene rings is 1. The van der Waals surface area contributed by atoms with Crippen LogP contribution in [0.15, 0.2) is 24.3 Å². The SMILES string of the molecule is C/C=C/c1ccc(N(CC)CC)cc1OC(C)C. The van der Waals surface area contributed by atoms with Gasteiger partial charge in [-0.05, 0) is 46.8 Å². The topological polar surface area (TPSA) is 12.5 Å². The first-order chi connectivity index (χ1) is 8.62. The van der Waals surface area contributed by atoms with Crippen LogP contribution in [-0.4, -0.2) is 19.2 Å². The fourth-order valence-corrected chi connectivity index (χ4v) is 1.98. The van der Waals surface area contributed by atoms with Crippen molar-refractivity contribution in [3.05, 3.63) is 29.8 Å². The Morgan fingerprint density at radius 3 is 2.39 bits per heavy atom. The monoisotopic (exact) mass is 247 g/mol. The van der Waals surface area contributed by atoms with Gasteiger partial charge in [-0.1, -0.05) is 12.2 Å². The fraction of sp³-hybridized carbons (Fsp3) is 0.500. The van der Waals surface area contributed by atoms with E-state index in [4.69, 9.17) is 4.74 Å². The third-order valence-corrected chi connectivity index (χ3v) is 2.83. The summed E-state index contributed by atoms with van der Waals surface area (Å²) in [6, 6.07) is 6.43. The van der Waals surface area contributed by atoms with Crippen molar-refractivity contribution in [3.8, 4) is 5.75 Å². The summed E-state index contributed by atoms with van der Waals surface area (Å²) in [5.74, 6) is 0.965. The molecule has 1 rings (SSSR count). The molecule has 0 aliphatic carbocycles. The van der Waals surface area contributed by atoms with Gasteiger partial charge < -0.3 is 9.64 Å². The molecular weight excluding hydrogens is 222 g/mol. The van der Waals surface area contributed by atoms with Gasteiger partial charge in [-0.2, -0.15) is 0 Å². The number of hydrogen-bond donors (Lipinski definition) is 0. The molecule has 1 aromatic carbocycles. The molecule has 0 heterocycles. The van der Waals surface area contributed by atoms with Gasteiger partial charge in [-0.25, -0.2) is 0 Å². The number of nitrogens with zero attached hydrogens (tertiary/aromatic N) is 1. The van der Waals surface area contributed by atoms with Crippen LogP contribution in [0.4, 0.5) is 5.69 Å². The first-order valence-electron chi connectivity index (χ1n) is 6.80. The number of allylic oxidation sites excluding steroid dienone is 1. The molecule has 0 fully saturated rings. The third-order valence-electron chi connectivity index (χ3n) is 2.83. The van der Waals surface area contributed by atoms with Crippen molar-refractivity contribution in [3.63, 3.8) is 0 Å². The summed E-state index contributed by atoms with van der Waals surface area (Å²) in [6.45, 7) is 12.5. The Balaban J connectivity index is 3.11. The van der Waals surface area contributed by atoms with E-state index >= 15 is 0 Å². The van der Waals surface area contributed by atoms with Crippen LogP contribution < -0.4 is 9.64 Å². The molecule has 0 spiro atoms. The minimum atomic E-state index is 0.195. The highest BCUT2D eigenvalue weighted by molar-refractivity contribution is 5.63. The van der Waals surface area contributed by atoms with Gasteiger partial charge in [-0.3, -0.25) is 0 Å². The Hall–Kier alpha value is -1.44. The Morgan fingerprint density at radius 1 is 1.22 bits per heavy atom. The molecule has 18 heavy (non-hydrogen) atoms. The van der Waals surface area contributed by atoms with Crippen molar-refractivity contribution < 1.29 is 4.74 Å². The second kappa shape index (κ2) is 7.10. The number of rotatable bonds is 6. The molecule has 0 N–H and O–H groups in total. The lowest BCUT2D eigenvalue weighted by Gasteiger charge is -2.23. The van der Waals surface area contributed by atoms with Gasteiger partial charge in [0.25, 0.3) is 0 Å². The molecule has 1 aromatic rings. The lowest BCUT2D eigenvalue weighted by molar-refractivity contribution is 0.242. The number of ether oxygens (including phenoxy) is 1. The van der Waals surface area contributed by atoms with Crippen LogP contribution in [0.25, 0.3) is 6.08 Å². The van der Waals surface area contributed by atoms with Gasteiger partial charge in [-0.15, -0.1) is 0 Å². The molecule has 0 aliphatic heterocycles. The molecule has 100 valence electrons. The first-order valence-corrected chi connectivity index (χ1v) is 6.80. The summed E-state index contributed by atoms with van der Waals surface area (Å²) >= 11 is 0. The molecule has 0 unspecified atom stereocenters. The maximum Gasteiger partial charge on any atom is 0.128 e. The number of anilines is 1. The maximum atomic E-state index is 5.90. The smallest absolute Gasteiger partial charge is 0.128 e. The van der Waals surface area contributed by atoms with Crippen LogP contribution in [0, 0.1) is 0 Å². The van der Waals surface area contributed by atoms with E-state index in [1.165, 1.54) is 5.69 Å². The fourth-order valence-electron chi connectivity index (χ4n) is 1.98. The van der Waals surface area contributed by atoms with Crippen LogP contribution in [0.2, 0.25) is 0 Å². The third kappa shape index (κ3) is 3.80. The van der Waals surface area contributed by atoms with Crippen molar-refractivity contribution in [1.29, 1.82) is 0 Å². The van der Waals surface area contributed by atoms with E-state index in [1.807, 2.05) is 13.0 Å². The largest absolute Gasteiger partial charge is 0.490 e. The average Bonchev–Trinajstić information content (AvgIpc) is 2.33. The standard InChI is InChI=1S/C16H25NO/c1-6-9-14-10-11-15(17(7-2)8-3)12-16(14)18-13(4)5/h6,9-13H,7-8H2,1-5H3/b9-6+. The zero-order valence-corrected chi connectivity index (χ0v) is 12.2. The van der Waals surface area contributed by atoms with Crippen molar-refractivity contribution >= 4 is 11.8 Å². The highest BCUT2D eigenvalue weighted by Crippen LogP contribution is 2.27. The second-order valence-electron chi connectivity index (χ2n) is 4.56. The molecule has 2 heteroatoms. The van der Waals surface area contributed by atoms with Crippen LogP contribution in [-0.2, 0) is 0 Å². The summed E-state index contributed by atoms with van der Waals surface area (Å²) in [6.07, 6.45) is 4.32. The van der Waals surface area contributed by atoms with Crippen LogP contribution >= 0.6 is 0 Å². The van der Waals surface area contributed by atoms with Gasteiger partial charge in [0.2, 0.25) is 0 Å². The summed E-state index contributed by atoms with van der Waals surface area (Å²) < 4.78 is 5.90. The summed E-state index contributed by atoms with van der Waals surface area (Å²) in [5.41, 5.74) is 2.37. The molecule has 0 radical (unpaired) electrons. The van der Waals surface area contributed by atoms with E-state index in [0.717, 1.165) is 24.4 Å². The highest BCUT2D eigenvalue weighted by atomic mass is 16.5. The van der Waals surface area contributed by atoms with Gasteiger partial charge in [0.1, 0.15) is 5.75 Å². The summed E-state index contributed by atoms with van der Waals surface area (Å²) in [5, 5.41) is 0. The molecule has 0 saturated heterocycles. The quantitative estimate of drug-likeness (QED) is 0.741. The predicted octanol–water partition coefficient (Wildman–Crippen LogP) is 4.35. The lowest BCUT2D eigenvalue weighted by Crippen LogP contribution is -2.21. The Labute approximate surface area is 111 Å². The zero-order valence-electron chi connectivity index (χ0n) is 12.2. The Morgan fingerprint density at radius 2 is 1.89 bits per heavy atom. The molecular formula is C16H25NO. The summed E-state index contributed by atoms with van der Waals surface area (Å²) in [4.78, 5) is 2.33. The van der Waals surface area contributed by atoms with E-state index in [2.05, 4.69) is 56.9 Å². The van der Waals surface area contributed by atoms with Crippen molar-refractivity contribution in [1.82, 2.24) is 0 Å². The maximum absolute atomic E-state index is 5.90. The molecule has 0 bridgehead atoms. The van der Waals surface area contributed by atoms with Crippen molar-refractivity contribution in [2.75, 3.05) is 18.0 Å². The van der Waals surface area contributed by atoms with E-state index in [9.17, 15) is 0 Å². The molecule has 0 amide bonds. The van der Waals surface area contributed by atoms with Crippen molar-refractivity contribution in [2.24, 2.45) is 0 Å². The number of hydrogen-bond acceptors (Lipinski definition) is 2. The second-order valence-corrected chi connectivity index (χ2v) is 4.56. The van der Waals surface area contributed by atoms with E-state index < -0.39 is 0 Å². The van der Waals surface area contributed by atoms with Gasteiger partial charge in [0.15, 0.2) is 0 Å². The first kappa shape index (κ1) is 14.6. The zero-order chi connectivity index (χ0) is 13.5. The Bertz CT molecular complexity index is 392. The average molecular weight is 247 g/mol. The van der Waals surface area contributed by atoms with E-state index in [-0.39, 0.29) is 6.10 Å². The van der Waals surface area contributed by atoms with Gasteiger partial charge >= 0.3 is 0 Å². The van der Waals surface area contributed by atoms with Crippen LogP contribution in [0.3, 0.4) is 0 Å². The van der Waals surface area contributed by atoms with Crippen LogP contribution in [0.1, 0.15) is 40.2 Å². The minimum Gasteiger partial charge on any atom is -0.490 e. The highest BCUT2D eigenvalue weighted by Gasteiger charge is 2.08. The van der Waals surface area contributed by atoms with Crippen LogP contribution in [0.5, 0.6) is 5.75 Å². The van der Waals surface area contributed by atoms with E-state index in [1.54, 1.807) is 0 Å². The predicted molar refractivity (Wildman–Crippen MR) is 80.5 cm³/mol.